The van der Waals surface area contributed by atoms with Crippen LogP contribution in [0.5, 0.6) is 0 Å². The Bertz CT molecular complexity index is 514. The normalized spacial score (nSPS) is 12.3. The maximum Gasteiger partial charge on any atom is 0.307 e. The summed E-state index contributed by atoms with van der Waals surface area (Å²) >= 11 is 0. The third-order valence-electron chi connectivity index (χ3n) is 2.98. The fourth-order valence-electron chi connectivity index (χ4n) is 2.06. The van der Waals surface area contributed by atoms with E-state index >= 15 is 0 Å². The molecule has 1 heterocycles. The molecule has 3 heteroatoms. The van der Waals surface area contributed by atoms with Gasteiger partial charge >= 0.3 is 5.97 Å². The van der Waals surface area contributed by atoms with Crippen LogP contribution in [0, 0.1) is 12.8 Å². The Morgan fingerprint density at radius 3 is 2.67 bits per heavy atom. The molecular weight excluding hydrogens is 228 g/mol. The van der Waals surface area contributed by atoms with E-state index in [2.05, 4.69) is 0 Å². The highest BCUT2D eigenvalue weighted by Crippen LogP contribution is 2.16. The fourth-order valence-corrected chi connectivity index (χ4v) is 2.06. The number of aliphatic carboxylic acids is 1. The van der Waals surface area contributed by atoms with Crippen molar-refractivity contribution in [1.29, 1.82) is 0 Å². The molecule has 94 valence electrons. The van der Waals surface area contributed by atoms with Crippen molar-refractivity contribution < 1.29 is 14.3 Å². The van der Waals surface area contributed by atoms with Gasteiger partial charge < -0.3 is 9.52 Å². The van der Waals surface area contributed by atoms with Crippen LogP contribution in [0.3, 0.4) is 0 Å². The van der Waals surface area contributed by atoms with Crippen molar-refractivity contribution in [3.8, 4) is 0 Å². The highest BCUT2D eigenvalue weighted by Gasteiger charge is 2.19. The molecule has 0 spiro atoms. The number of carboxylic acids is 1. The summed E-state index contributed by atoms with van der Waals surface area (Å²) in [6, 6.07) is 9.78. The van der Waals surface area contributed by atoms with Crippen molar-refractivity contribution in [2.24, 2.45) is 5.92 Å². The Kier molecular flexibility index (Phi) is 3.82. The Labute approximate surface area is 106 Å². The molecule has 0 aliphatic carbocycles. The van der Waals surface area contributed by atoms with Crippen LogP contribution in [0.25, 0.3) is 0 Å². The minimum atomic E-state index is -0.766. The third kappa shape index (κ3) is 3.23. The molecule has 1 aromatic carbocycles. The molecule has 18 heavy (non-hydrogen) atoms. The third-order valence-corrected chi connectivity index (χ3v) is 2.98. The molecule has 0 radical (unpaired) electrons. The summed E-state index contributed by atoms with van der Waals surface area (Å²) in [5.41, 5.74) is 3.14. The van der Waals surface area contributed by atoms with Crippen LogP contribution in [-0.4, -0.2) is 11.1 Å². The molecule has 1 unspecified atom stereocenters. The summed E-state index contributed by atoms with van der Waals surface area (Å²) in [7, 11) is 0. The summed E-state index contributed by atoms with van der Waals surface area (Å²) < 4.78 is 4.97. The number of carboxylic acid groups (broad SMARTS) is 1. The Hall–Kier alpha value is -2.03. The van der Waals surface area contributed by atoms with Crippen LogP contribution < -0.4 is 0 Å². The van der Waals surface area contributed by atoms with Gasteiger partial charge in [0.25, 0.3) is 0 Å². The summed E-state index contributed by atoms with van der Waals surface area (Å²) in [4.78, 5) is 11.3. The molecule has 0 aliphatic rings. The molecule has 0 saturated carbocycles. The highest BCUT2D eigenvalue weighted by molar-refractivity contribution is 5.70. The molecule has 0 aliphatic heterocycles. The van der Waals surface area contributed by atoms with Crippen LogP contribution in [0.2, 0.25) is 0 Å². The van der Waals surface area contributed by atoms with Gasteiger partial charge in [-0.25, -0.2) is 0 Å². The van der Waals surface area contributed by atoms with Gasteiger partial charge in [-0.05, 0) is 37.0 Å². The number of aryl methyl sites for hydroxylation is 1. The van der Waals surface area contributed by atoms with E-state index in [0.29, 0.717) is 12.8 Å². The average molecular weight is 244 g/mol. The molecule has 2 aromatic rings. The molecule has 0 fully saturated rings. The minimum Gasteiger partial charge on any atom is -0.481 e. The molecule has 3 nitrogen and oxygen atoms in total. The summed E-state index contributed by atoms with van der Waals surface area (Å²) in [6.45, 7) is 2.01. The van der Waals surface area contributed by atoms with Gasteiger partial charge in [0.1, 0.15) is 0 Å². The molecular formula is C15H16O3. The van der Waals surface area contributed by atoms with Gasteiger partial charge in [0.15, 0.2) is 0 Å². The largest absolute Gasteiger partial charge is 0.481 e. The molecule has 1 N–H and O–H groups in total. The van der Waals surface area contributed by atoms with Gasteiger partial charge in [0, 0.05) is 0 Å². The van der Waals surface area contributed by atoms with Gasteiger partial charge in [-0.2, -0.15) is 0 Å². The molecule has 1 atom stereocenters. The predicted octanol–water partition coefficient (Wildman–Crippen LogP) is 3.07. The Balaban J connectivity index is 2.09. The van der Waals surface area contributed by atoms with Gasteiger partial charge in [0.05, 0.1) is 18.4 Å². The fraction of sp³-hybridized carbons (Fsp3) is 0.267. The number of benzene rings is 1. The first-order chi connectivity index (χ1) is 8.65. The second-order valence-electron chi connectivity index (χ2n) is 4.56. The lowest BCUT2D eigenvalue weighted by molar-refractivity contribution is -0.141. The monoisotopic (exact) mass is 244 g/mol. The molecule has 0 saturated heterocycles. The van der Waals surface area contributed by atoms with Crippen molar-refractivity contribution in [3.05, 3.63) is 59.5 Å². The van der Waals surface area contributed by atoms with E-state index in [-0.39, 0.29) is 0 Å². The summed E-state index contributed by atoms with van der Waals surface area (Å²) in [6.07, 6.45) is 4.22. The van der Waals surface area contributed by atoms with E-state index < -0.39 is 11.9 Å². The number of hydrogen-bond donors (Lipinski definition) is 1. The van der Waals surface area contributed by atoms with E-state index in [1.54, 1.807) is 12.5 Å². The van der Waals surface area contributed by atoms with Crippen molar-refractivity contribution in [1.82, 2.24) is 0 Å². The first-order valence-electron chi connectivity index (χ1n) is 5.94. The zero-order valence-corrected chi connectivity index (χ0v) is 10.3. The van der Waals surface area contributed by atoms with Crippen molar-refractivity contribution in [3.63, 3.8) is 0 Å². The summed E-state index contributed by atoms with van der Waals surface area (Å²) in [5, 5.41) is 9.27. The second kappa shape index (κ2) is 5.54. The molecule has 0 amide bonds. The second-order valence-corrected chi connectivity index (χ2v) is 4.56. The lowest BCUT2D eigenvalue weighted by Crippen LogP contribution is -2.19. The SMILES string of the molecule is Cc1cccc(CC(Cc2ccoc2)C(=O)O)c1. The maximum absolute atomic E-state index is 11.3. The quantitative estimate of drug-likeness (QED) is 0.879. The molecule has 0 bridgehead atoms. The number of hydrogen-bond acceptors (Lipinski definition) is 2. The lowest BCUT2D eigenvalue weighted by Gasteiger charge is -2.11. The van der Waals surface area contributed by atoms with Gasteiger partial charge in [-0.15, -0.1) is 0 Å². The smallest absolute Gasteiger partial charge is 0.307 e. The van der Waals surface area contributed by atoms with Crippen molar-refractivity contribution >= 4 is 5.97 Å². The average Bonchev–Trinajstić information content (AvgIpc) is 2.81. The van der Waals surface area contributed by atoms with E-state index in [1.807, 2.05) is 37.3 Å². The van der Waals surface area contributed by atoms with Crippen LogP contribution in [-0.2, 0) is 17.6 Å². The number of furan rings is 1. The first-order valence-corrected chi connectivity index (χ1v) is 5.94. The van der Waals surface area contributed by atoms with E-state index in [9.17, 15) is 9.90 Å². The van der Waals surface area contributed by atoms with Crippen LogP contribution in [0.4, 0.5) is 0 Å². The van der Waals surface area contributed by atoms with Crippen molar-refractivity contribution in [2.45, 2.75) is 19.8 Å². The summed E-state index contributed by atoms with van der Waals surface area (Å²) in [5.74, 6) is -1.18. The highest BCUT2D eigenvalue weighted by atomic mass is 16.4. The molecule has 1 aromatic heterocycles. The molecule has 2 rings (SSSR count). The van der Waals surface area contributed by atoms with Crippen molar-refractivity contribution in [2.75, 3.05) is 0 Å². The number of carbonyl (C=O) groups is 1. The first kappa shape index (κ1) is 12.4. The predicted molar refractivity (Wildman–Crippen MR) is 68.4 cm³/mol. The Morgan fingerprint density at radius 1 is 1.28 bits per heavy atom. The zero-order valence-electron chi connectivity index (χ0n) is 10.3. The van der Waals surface area contributed by atoms with Crippen LogP contribution >= 0.6 is 0 Å². The maximum atomic E-state index is 11.3. The van der Waals surface area contributed by atoms with Gasteiger partial charge in [-0.1, -0.05) is 29.8 Å². The standard InChI is InChI=1S/C15H16O3/c1-11-3-2-4-12(7-11)8-14(15(16)17)9-13-5-6-18-10-13/h2-7,10,14H,8-9H2,1H3,(H,16,17). The van der Waals surface area contributed by atoms with E-state index in [0.717, 1.165) is 16.7 Å². The Morgan fingerprint density at radius 2 is 2.06 bits per heavy atom. The van der Waals surface area contributed by atoms with Gasteiger partial charge in [0.2, 0.25) is 0 Å². The minimum absolute atomic E-state index is 0.413. The number of rotatable bonds is 5. The lowest BCUT2D eigenvalue weighted by atomic mass is 9.93. The van der Waals surface area contributed by atoms with Gasteiger partial charge in [-0.3, -0.25) is 4.79 Å². The zero-order chi connectivity index (χ0) is 13.0. The van der Waals surface area contributed by atoms with E-state index in [4.69, 9.17) is 4.42 Å². The van der Waals surface area contributed by atoms with Crippen LogP contribution in [0.15, 0.2) is 47.3 Å². The van der Waals surface area contributed by atoms with Crippen LogP contribution in [0.1, 0.15) is 16.7 Å². The topological polar surface area (TPSA) is 50.4 Å². The van der Waals surface area contributed by atoms with E-state index in [1.165, 1.54) is 0 Å².